The van der Waals surface area contributed by atoms with Gasteiger partial charge in [0.25, 0.3) is 0 Å². The van der Waals surface area contributed by atoms with Gasteiger partial charge in [0, 0.05) is 39.3 Å². The third-order valence-corrected chi connectivity index (χ3v) is 5.89. The first-order valence-electron chi connectivity index (χ1n) is 8.94. The van der Waals surface area contributed by atoms with Crippen LogP contribution in [0.4, 0.5) is 0 Å². The van der Waals surface area contributed by atoms with E-state index < -0.39 is 0 Å². The Balaban J connectivity index is 2.14. The first-order valence-corrected chi connectivity index (χ1v) is 8.94. The molecule has 0 radical (unpaired) electrons. The van der Waals surface area contributed by atoms with Crippen molar-refractivity contribution in [1.82, 2.24) is 4.40 Å². The molecule has 1 aromatic carbocycles. The second-order valence-corrected chi connectivity index (χ2v) is 8.03. The number of nitrogens with zero attached hydrogens (tertiary/aromatic N) is 2. The summed E-state index contributed by atoms with van der Waals surface area (Å²) in [4.78, 5) is 0. The summed E-state index contributed by atoms with van der Waals surface area (Å²) >= 11 is 0. The summed E-state index contributed by atoms with van der Waals surface area (Å²) in [5.41, 5.74) is 9.43. The third kappa shape index (κ3) is 1.72. The Bertz CT molecular complexity index is 1190. The van der Waals surface area contributed by atoms with Gasteiger partial charge in [-0.3, -0.25) is 0 Å². The molecule has 25 heavy (non-hydrogen) atoms. The van der Waals surface area contributed by atoms with Crippen LogP contribution in [0.15, 0.2) is 48.8 Å². The maximum absolute atomic E-state index is 2.39. The molecular weight excluding hydrogens is 304 g/mol. The molecule has 5 rings (SSSR count). The lowest BCUT2D eigenvalue weighted by Gasteiger charge is -2.34. The van der Waals surface area contributed by atoms with E-state index in [0.717, 1.165) is 0 Å². The molecule has 2 heteroatoms. The van der Waals surface area contributed by atoms with Crippen LogP contribution in [-0.2, 0) is 12.5 Å². The van der Waals surface area contributed by atoms with Crippen molar-refractivity contribution in [2.75, 3.05) is 0 Å². The second kappa shape index (κ2) is 4.51. The van der Waals surface area contributed by atoms with E-state index in [2.05, 4.69) is 92.5 Å². The molecule has 1 aliphatic carbocycles. The van der Waals surface area contributed by atoms with Crippen LogP contribution in [-0.4, -0.2) is 4.40 Å². The fraction of sp³-hybridized carbons (Fsp3) is 0.261. The zero-order valence-corrected chi connectivity index (χ0v) is 15.5. The number of rotatable bonds is 0. The van der Waals surface area contributed by atoms with Gasteiger partial charge in [0.2, 0.25) is 5.69 Å². The SMILES string of the molecule is Cc1cc2c([n+](C)c1)-c1c(C)ccc3cc4cccn4c(c13)C2(C)C. The lowest BCUT2D eigenvalue weighted by molar-refractivity contribution is -0.661. The molecule has 0 fully saturated rings. The van der Waals surface area contributed by atoms with Gasteiger partial charge in [-0.1, -0.05) is 12.1 Å². The van der Waals surface area contributed by atoms with E-state index in [-0.39, 0.29) is 5.41 Å². The highest BCUT2D eigenvalue weighted by Gasteiger charge is 2.40. The minimum atomic E-state index is -0.0588. The molecule has 0 atom stereocenters. The van der Waals surface area contributed by atoms with Crippen molar-refractivity contribution in [1.29, 1.82) is 0 Å². The number of hydrogen-bond donors (Lipinski definition) is 0. The van der Waals surface area contributed by atoms with E-state index in [9.17, 15) is 0 Å². The molecule has 124 valence electrons. The van der Waals surface area contributed by atoms with Crippen molar-refractivity contribution in [3.63, 3.8) is 0 Å². The quantitative estimate of drug-likeness (QED) is 0.408. The molecule has 0 saturated heterocycles. The molecule has 0 amide bonds. The maximum Gasteiger partial charge on any atom is 0.217 e. The van der Waals surface area contributed by atoms with Crippen molar-refractivity contribution in [3.05, 3.63) is 71.2 Å². The van der Waals surface area contributed by atoms with E-state index in [1.165, 1.54) is 49.9 Å². The van der Waals surface area contributed by atoms with Gasteiger partial charge >= 0.3 is 0 Å². The fourth-order valence-electron chi connectivity index (χ4n) is 4.82. The summed E-state index contributed by atoms with van der Waals surface area (Å²) in [5, 5.41) is 2.74. The molecule has 0 saturated carbocycles. The van der Waals surface area contributed by atoms with Crippen LogP contribution >= 0.6 is 0 Å². The molecule has 2 nitrogen and oxygen atoms in total. The molecule has 3 heterocycles. The normalized spacial score (nSPS) is 14.9. The standard InChI is InChI=1S/C23H23N2/c1-14-11-18-21(24(5)13-14)19-15(2)8-9-16-12-17-7-6-10-25(17)22(20(16)19)23(18,3)4/h6-13H,1-5H3/q+1. The van der Waals surface area contributed by atoms with Crippen LogP contribution in [0.25, 0.3) is 27.5 Å². The van der Waals surface area contributed by atoms with Gasteiger partial charge in [0.15, 0.2) is 6.20 Å². The number of hydrogen-bond acceptors (Lipinski definition) is 0. The highest BCUT2D eigenvalue weighted by atomic mass is 14.9. The van der Waals surface area contributed by atoms with Gasteiger partial charge in [0.1, 0.15) is 7.05 Å². The van der Waals surface area contributed by atoms with Gasteiger partial charge in [-0.2, -0.15) is 0 Å². The minimum absolute atomic E-state index is 0.0588. The predicted octanol–water partition coefficient (Wildman–Crippen LogP) is 4.84. The van der Waals surface area contributed by atoms with Crippen LogP contribution in [0.5, 0.6) is 0 Å². The summed E-state index contributed by atoms with van der Waals surface area (Å²) in [7, 11) is 2.18. The largest absolute Gasteiger partial charge is 0.319 e. The number of pyridine rings is 2. The van der Waals surface area contributed by atoms with E-state index in [1.807, 2.05) is 0 Å². The number of benzene rings is 1. The Hall–Kier alpha value is -2.61. The number of fused-ring (bicyclic) bond motifs is 4. The molecule has 0 unspecified atom stereocenters. The average molecular weight is 327 g/mol. The zero-order valence-electron chi connectivity index (χ0n) is 15.5. The van der Waals surface area contributed by atoms with Crippen LogP contribution in [0, 0.1) is 13.8 Å². The number of aryl methyl sites for hydroxylation is 3. The van der Waals surface area contributed by atoms with Crippen LogP contribution in [0.3, 0.4) is 0 Å². The van der Waals surface area contributed by atoms with E-state index in [1.54, 1.807) is 0 Å². The van der Waals surface area contributed by atoms with E-state index >= 15 is 0 Å². The summed E-state index contributed by atoms with van der Waals surface area (Å²) in [5.74, 6) is 0. The highest BCUT2D eigenvalue weighted by molar-refractivity contribution is 6.03. The Morgan fingerprint density at radius 2 is 1.84 bits per heavy atom. The van der Waals surface area contributed by atoms with Crippen LogP contribution < -0.4 is 4.57 Å². The van der Waals surface area contributed by atoms with Gasteiger partial charge in [-0.15, -0.1) is 0 Å². The summed E-state index contributed by atoms with van der Waals surface area (Å²) < 4.78 is 4.70. The minimum Gasteiger partial charge on any atom is -0.319 e. The second-order valence-electron chi connectivity index (χ2n) is 8.03. The first kappa shape index (κ1) is 14.7. The molecule has 0 N–H and O–H groups in total. The third-order valence-electron chi connectivity index (χ3n) is 5.89. The fourth-order valence-corrected chi connectivity index (χ4v) is 4.82. The molecule has 0 aliphatic heterocycles. The van der Waals surface area contributed by atoms with Gasteiger partial charge < -0.3 is 4.40 Å². The molecule has 1 aliphatic rings. The lowest BCUT2D eigenvalue weighted by Crippen LogP contribution is -2.39. The van der Waals surface area contributed by atoms with Gasteiger partial charge in [-0.25, -0.2) is 4.57 Å². The highest BCUT2D eigenvalue weighted by Crippen LogP contribution is 2.48. The van der Waals surface area contributed by atoms with Crippen LogP contribution in [0.1, 0.15) is 36.2 Å². The Labute approximate surface area is 148 Å². The van der Waals surface area contributed by atoms with E-state index in [0.29, 0.717) is 0 Å². The maximum atomic E-state index is 2.39. The monoisotopic (exact) mass is 327 g/mol. The predicted molar refractivity (Wildman–Crippen MR) is 103 cm³/mol. The number of aromatic nitrogens is 2. The van der Waals surface area contributed by atoms with E-state index in [4.69, 9.17) is 0 Å². The first-order chi connectivity index (χ1) is 11.9. The summed E-state index contributed by atoms with van der Waals surface area (Å²) in [6, 6.07) is 13.6. The zero-order chi connectivity index (χ0) is 17.5. The molecule has 0 bridgehead atoms. The van der Waals surface area contributed by atoms with Crippen molar-refractivity contribution >= 4 is 16.3 Å². The molecule has 4 aromatic rings. The van der Waals surface area contributed by atoms with Crippen molar-refractivity contribution in [2.45, 2.75) is 33.1 Å². The lowest BCUT2D eigenvalue weighted by atomic mass is 9.71. The van der Waals surface area contributed by atoms with Crippen LogP contribution in [0.2, 0.25) is 0 Å². The van der Waals surface area contributed by atoms with Crippen molar-refractivity contribution in [2.24, 2.45) is 7.05 Å². The Morgan fingerprint density at radius 3 is 2.64 bits per heavy atom. The summed E-state index contributed by atoms with van der Waals surface area (Å²) in [6.45, 7) is 9.16. The van der Waals surface area contributed by atoms with Gasteiger partial charge in [0.05, 0.1) is 5.56 Å². The molecule has 3 aromatic heterocycles. The Morgan fingerprint density at radius 1 is 1.04 bits per heavy atom. The molecule has 0 spiro atoms. The smallest absolute Gasteiger partial charge is 0.217 e. The topological polar surface area (TPSA) is 8.29 Å². The average Bonchev–Trinajstić information content (AvgIpc) is 3.00. The molecular formula is C23H23N2+. The van der Waals surface area contributed by atoms with Gasteiger partial charge in [-0.05, 0) is 62.9 Å². The Kier molecular flexibility index (Phi) is 2.66. The summed E-state index contributed by atoms with van der Waals surface area (Å²) in [6.07, 6.45) is 4.45. The van der Waals surface area contributed by atoms with Crippen molar-refractivity contribution in [3.8, 4) is 11.3 Å². The van der Waals surface area contributed by atoms with Crippen molar-refractivity contribution < 1.29 is 4.57 Å².